The normalized spacial score (nSPS) is 11.0. The zero-order chi connectivity index (χ0) is 28.3. The monoisotopic (exact) mass is 535 g/mol. The van der Waals surface area contributed by atoms with E-state index in [0.717, 1.165) is 11.1 Å². The summed E-state index contributed by atoms with van der Waals surface area (Å²) in [6, 6.07) is 30.0. The summed E-state index contributed by atoms with van der Waals surface area (Å²) in [6.45, 7) is 0.276. The fourth-order valence-corrected chi connectivity index (χ4v) is 4.10. The highest BCUT2D eigenvalue weighted by molar-refractivity contribution is 5.95. The van der Waals surface area contributed by atoms with Gasteiger partial charge in [-0.25, -0.2) is 4.79 Å². The summed E-state index contributed by atoms with van der Waals surface area (Å²) in [5.41, 5.74) is 3.65. The SMILES string of the molecule is COC(=O)C(Nc1ccc(C#N)cc1)c1cc(OC)c(OCc2ccccc2)cc1NC(=O)Cc1ccccc1. The summed E-state index contributed by atoms with van der Waals surface area (Å²) in [5, 5.41) is 15.2. The number of hydrogen-bond acceptors (Lipinski definition) is 7. The predicted molar refractivity (Wildman–Crippen MR) is 152 cm³/mol. The summed E-state index contributed by atoms with van der Waals surface area (Å²) >= 11 is 0. The molecular weight excluding hydrogens is 506 g/mol. The van der Waals surface area contributed by atoms with Crippen LogP contribution in [0.15, 0.2) is 97.1 Å². The summed E-state index contributed by atoms with van der Waals surface area (Å²) in [6.07, 6.45) is 0.137. The molecule has 40 heavy (non-hydrogen) atoms. The number of benzene rings is 4. The topological polar surface area (TPSA) is 110 Å². The molecule has 202 valence electrons. The van der Waals surface area contributed by atoms with Gasteiger partial charge in [-0.1, -0.05) is 60.7 Å². The van der Waals surface area contributed by atoms with E-state index in [4.69, 9.17) is 19.5 Å². The Morgan fingerprint density at radius 2 is 1.50 bits per heavy atom. The first-order chi connectivity index (χ1) is 19.5. The number of anilines is 2. The Morgan fingerprint density at radius 3 is 2.10 bits per heavy atom. The Bertz CT molecular complexity index is 1480. The molecule has 0 aliphatic heterocycles. The van der Waals surface area contributed by atoms with E-state index in [1.54, 1.807) is 36.4 Å². The van der Waals surface area contributed by atoms with Gasteiger partial charge < -0.3 is 24.8 Å². The van der Waals surface area contributed by atoms with Crippen molar-refractivity contribution < 1.29 is 23.8 Å². The van der Waals surface area contributed by atoms with Crippen molar-refractivity contribution in [2.45, 2.75) is 19.1 Å². The molecule has 1 amide bonds. The van der Waals surface area contributed by atoms with Gasteiger partial charge in [0.15, 0.2) is 17.5 Å². The van der Waals surface area contributed by atoms with Crippen LogP contribution in [0.3, 0.4) is 0 Å². The largest absolute Gasteiger partial charge is 0.493 e. The fourth-order valence-electron chi connectivity index (χ4n) is 4.10. The summed E-state index contributed by atoms with van der Waals surface area (Å²) in [7, 11) is 2.79. The van der Waals surface area contributed by atoms with Crippen LogP contribution in [0.4, 0.5) is 11.4 Å². The van der Waals surface area contributed by atoms with Crippen molar-refractivity contribution in [2.75, 3.05) is 24.9 Å². The summed E-state index contributed by atoms with van der Waals surface area (Å²) in [4.78, 5) is 26.2. The molecule has 4 aromatic rings. The maximum absolute atomic E-state index is 13.1. The van der Waals surface area contributed by atoms with Crippen LogP contribution in [0.2, 0.25) is 0 Å². The number of ether oxygens (including phenoxy) is 3. The Hall–Kier alpha value is -5.29. The molecule has 0 fully saturated rings. The first-order valence-electron chi connectivity index (χ1n) is 12.6. The molecule has 0 saturated heterocycles. The third kappa shape index (κ3) is 7.17. The molecule has 2 N–H and O–H groups in total. The zero-order valence-corrected chi connectivity index (χ0v) is 22.2. The second kappa shape index (κ2) is 13.5. The molecule has 1 unspecified atom stereocenters. The minimum absolute atomic E-state index is 0.137. The first kappa shape index (κ1) is 27.7. The van der Waals surface area contributed by atoms with E-state index in [2.05, 4.69) is 16.7 Å². The van der Waals surface area contributed by atoms with Gasteiger partial charge in [0.25, 0.3) is 0 Å². The van der Waals surface area contributed by atoms with Gasteiger partial charge in [0.05, 0.1) is 38.0 Å². The highest BCUT2D eigenvalue weighted by Crippen LogP contribution is 2.38. The van der Waals surface area contributed by atoms with Crippen molar-refractivity contribution >= 4 is 23.3 Å². The van der Waals surface area contributed by atoms with Crippen molar-refractivity contribution in [2.24, 2.45) is 0 Å². The van der Waals surface area contributed by atoms with Crippen LogP contribution in [0.1, 0.15) is 28.3 Å². The minimum atomic E-state index is -1.01. The van der Waals surface area contributed by atoms with E-state index in [1.807, 2.05) is 60.7 Å². The van der Waals surface area contributed by atoms with Gasteiger partial charge >= 0.3 is 5.97 Å². The molecule has 0 spiro atoms. The Kier molecular flexibility index (Phi) is 9.35. The van der Waals surface area contributed by atoms with Crippen LogP contribution >= 0.6 is 0 Å². The van der Waals surface area contributed by atoms with Crippen molar-refractivity contribution in [1.82, 2.24) is 0 Å². The number of nitrogens with zero attached hydrogens (tertiary/aromatic N) is 1. The van der Waals surface area contributed by atoms with Gasteiger partial charge in [0, 0.05) is 17.3 Å². The summed E-state index contributed by atoms with van der Waals surface area (Å²) < 4.78 is 16.8. The fraction of sp³-hybridized carbons (Fsp3) is 0.156. The van der Waals surface area contributed by atoms with Crippen molar-refractivity contribution in [3.05, 3.63) is 119 Å². The van der Waals surface area contributed by atoms with E-state index in [1.165, 1.54) is 14.2 Å². The third-order valence-electron chi connectivity index (χ3n) is 6.13. The first-order valence-corrected chi connectivity index (χ1v) is 12.6. The number of methoxy groups -OCH3 is 2. The molecular formula is C32H29N3O5. The van der Waals surface area contributed by atoms with Crippen LogP contribution in [-0.2, 0) is 27.4 Å². The number of esters is 1. The van der Waals surface area contributed by atoms with E-state index >= 15 is 0 Å². The third-order valence-corrected chi connectivity index (χ3v) is 6.13. The minimum Gasteiger partial charge on any atom is -0.493 e. The van der Waals surface area contributed by atoms with Crippen LogP contribution in [0.25, 0.3) is 0 Å². The van der Waals surface area contributed by atoms with E-state index in [-0.39, 0.29) is 18.9 Å². The standard InChI is InChI=1S/C32H29N3O5/c1-38-28-18-26(31(32(37)39-2)34-25-15-13-23(20-33)14-16-25)27(35-30(36)17-22-9-5-3-6-10-22)19-29(28)40-21-24-11-7-4-8-12-24/h3-16,18-19,31,34H,17,21H2,1-2H3,(H,35,36). The Labute approximate surface area is 233 Å². The van der Waals surface area contributed by atoms with Crippen molar-refractivity contribution in [3.63, 3.8) is 0 Å². The number of carbonyl (C=O) groups excluding carboxylic acids is 2. The predicted octanol–water partition coefficient (Wildman–Crippen LogP) is 5.65. The van der Waals surface area contributed by atoms with Gasteiger partial charge in [-0.3, -0.25) is 4.79 Å². The number of amides is 1. The van der Waals surface area contributed by atoms with Crippen molar-refractivity contribution in [1.29, 1.82) is 5.26 Å². The molecule has 4 aromatic carbocycles. The number of hydrogen-bond donors (Lipinski definition) is 2. The van der Waals surface area contributed by atoms with Gasteiger partial charge in [-0.2, -0.15) is 5.26 Å². The molecule has 0 bridgehead atoms. The highest BCUT2D eigenvalue weighted by Gasteiger charge is 2.27. The molecule has 0 aliphatic rings. The number of rotatable bonds is 11. The lowest BCUT2D eigenvalue weighted by molar-refractivity contribution is -0.141. The zero-order valence-electron chi connectivity index (χ0n) is 22.2. The molecule has 0 radical (unpaired) electrons. The van der Waals surface area contributed by atoms with E-state index < -0.39 is 12.0 Å². The number of nitriles is 1. The maximum Gasteiger partial charge on any atom is 0.333 e. The van der Waals surface area contributed by atoms with Gasteiger partial charge in [0.1, 0.15) is 6.61 Å². The molecule has 8 nitrogen and oxygen atoms in total. The van der Waals surface area contributed by atoms with Crippen LogP contribution in [-0.4, -0.2) is 26.1 Å². The number of nitrogens with one attached hydrogen (secondary N) is 2. The average molecular weight is 536 g/mol. The molecule has 0 aromatic heterocycles. The van der Waals surface area contributed by atoms with Gasteiger partial charge in [-0.15, -0.1) is 0 Å². The lowest BCUT2D eigenvalue weighted by Gasteiger charge is -2.23. The second-order valence-corrected chi connectivity index (χ2v) is 8.86. The van der Waals surface area contributed by atoms with Gasteiger partial charge in [0.2, 0.25) is 5.91 Å². The smallest absolute Gasteiger partial charge is 0.333 e. The van der Waals surface area contributed by atoms with Crippen molar-refractivity contribution in [3.8, 4) is 17.6 Å². The molecule has 0 heterocycles. The maximum atomic E-state index is 13.1. The molecule has 0 aliphatic carbocycles. The van der Waals surface area contributed by atoms with E-state index in [0.29, 0.717) is 34.0 Å². The van der Waals surface area contributed by atoms with Crippen LogP contribution < -0.4 is 20.1 Å². The lowest BCUT2D eigenvalue weighted by Crippen LogP contribution is -2.25. The Balaban J connectivity index is 1.72. The quantitative estimate of drug-likeness (QED) is 0.239. The van der Waals surface area contributed by atoms with Gasteiger partial charge in [-0.05, 0) is 41.5 Å². The Morgan fingerprint density at radius 1 is 0.850 bits per heavy atom. The number of carbonyl (C=O) groups is 2. The molecule has 4 rings (SSSR count). The lowest BCUT2D eigenvalue weighted by atomic mass is 10.0. The highest BCUT2D eigenvalue weighted by atomic mass is 16.5. The average Bonchev–Trinajstić information content (AvgIpc) is 3.00. The molecule has 0 saturated carbocycles. The van der Waals surface area contributed by atoms with E-state index in [9.17, 15) is 9.59 Å². The van der Waals surface area contributed by atoms with Crippen LogP contribution in [0, 0.1) is 11.3 Å². The molecule has 1 atom stereocenters. The molecule has 8 heteroatoms. The summed E-state index contributed by atoms with van der Waals surface area (Å²) in [5.74, 6) is -0.0776. The van der Waals surface area contributed by atoms with Crippen LogP contribution in [0.5, 0.6) is 11.5 Å². The second-order valence-electron chi connectivity index (χ2n) is 8.86.